The molecule has 3 aliphatic rings. The molecule has 3 fully saturated rings. The van der Waals surface area contributed by atoms with Crippen LogP contribution in [0.4, 0.5) is 5.82 Å². The van der Waals surface area contributed by atoms with Gasteiger partial charge in [-0.1, -0.05) is 12.5 Å². The Bertz CT molecular complexity index is 514. The van der Waals surface area contributed by atoms with Crippen molar-refractivity contribution in [2.75, 3.05) is 38.1 Å². The van der Waals surface area contributed by atoms with Crippen molar-refractivity contribution in [2.45, 2.75) is 57.3 Å². The lowest BCUT2D eigenvalue weighted by Gasteiger charge is -2.34. The number of hydrogen-bond donors (Lipinski definition) is 0. The fourth-order valence-corrected chi connectivity index (χ4v) is 4.67. The van der Waals surface area contributed by atoms with E-state index >= 15 is 0 Å². The van der Waals surface area contributed by atoms with E-state index in [2.05, 4.69) is 35.2 Å². The van der Waals surface area contributed by atoms with Crippen LogP contribution in [-0.4, -0.2) is 43.1 Å². The third-order valence-electron chi connectivity index (χ3n) is 6.46. The molecule has 2 aliphatic heterocycles. The summed E-state index contributed by atoms with van der Waals surface area (Å²) in [5.41, 5.74) is 1.45. The molecule has 1 aromatic heterocycles. The van der Waals surface area contributed by atoms with Crippen molar-refractivity contribution < 1.29 is 0 Å². The number of likely N-dealkylation sites (tertiary alicyclic amines) is 1. The fourth-order valence-electron chi connectivity index (χ4n) is 4.67. The summed E-state index contributed by atoms with van der Waals surface area (Å²) in [5.74, 6) is 3.92. The van der Waals surface area contributed by atoms with Crippen molar-refractivity contribution in [3.8, 4) is 0 Å². The first kappa shape index (κ1) is 16.4. The maximum atomic E-state index is 4.74. The average Bonchev–Trinajstić information content (AvgIpc) is 3.46. The molecule has 3 heteroatoms. The number of anilines is 1. The van der Waals surface area contributed by atoms with Gasteiger partial charge in [-0.05, 0) is 87.9 Å². The van der Waals surface area contributed by atoms with Gasteiger partial charge >= 0.3 is 0 Å². The number of aromatic nitrogens is 1. The summed E-state index contributed by atoms with van der Waals surface area (Å²) in [6.07, 6.45) is 13.3. The molecular weight excluding hydrogens is 294 g/mol. The quantitative estimate of drug-likeness (QED) is 0.804. The van der Waals surface area contributed by atoms with Gasteiger partial charge in [0.05, 0.1) is 0 Å². The average molecular weight is 328 g/mol. The van der Waals surface area contributed by atoms with E-state index in [4.69, 9.17) is 4.98 Å². The molecule has 3 nitrogen and oxygen atoms in total. The molecule has 0 radical (unpaired) electrons. The zero-order valence-corrected chi connectivity index (χ0v) is 15.3. The van der Waals surface area contributed by atoms with E-state index in [1.165, 1.54) is 88.9 Å². The Morgan fingerprint density at radius 1 is 0.958 bits per heavy atom. The number of rotatable bonds is 5. The van der Waals surface area contributed by atoms with Gasteiger partial charge in [0, 0.05) is 25.8 Å². The Hall–Kier alpha value is -1.09. The molecule has 132 valence electrons. The van der Waals surface area contributed by atoms with E-state index < -0.39 is 0 Å². The molecule has 0 amide bonds. The molecule has 1 saturated carbocycles. The van der Waals surface area contributed by atoms with Gasteiger partial charge in [-0.2, -0.15) is 0 Å². The summed E-state index contributed by atoms with van der Waals surface area (Å²) in [6, 6.07) is 4.57. The monoisotopic (exact) mass is 327 g/mol. The first-order chi connectivity index (χ1) is 11.8. The zero-order valence-electron chi connectivity index (χ0n) is 15.3. The van der Waals surface area contributed by atoms with Crippen LogP contribution < -0.4 is 4.90 Å². The summed E-state index contributed by atoms with van der Waals surface area (Å²) in [7, 11) is 2.28. The molecule has 4 rings (SSSR count). The smallest absolute Gasteiger partial charge is 0.128 e. The topological polar surface area (TPSA) is 19.4 Å². The van der Waals surface area contributed by atoms with Crippen LogP contribution >= 0.6 is 0 Å². The van der Waals surface area contributed by atoms with E-state index in [-0.39, 0.29) is 0 Å². The first-order valence-corrected chi connectivity index (χ1v) is 10.2. The minimum Gasteiger partial charge on any atom is -0.357 e. The molecule has 0 N–H and O–H groups in total. The maximum absolute atomic E-state index is 4.74. The SMILES string of the molecule is CN1CCC[C@H](CCC2CCN(c3ccc(C4CC4)cn3)CC2)C1. The molecule has 0 bridgehead atoms. The van der Waals surface area contributed by atoms with E-state index in [0.29, 0.717) is 0 Å². The molecular formula is C21H33N3. The summed E-state index contributed by atoms with van der Waals surface area (Å²) in [4.78, 5) is 9.76. The number of pyridine rings is 1. The van der Waals surface area contributed by atoms with Gasteiger partial charge in [0.15, 0.2) is 0 Å². The number of nitrogens with zero attached hydrogens (tertiary/aromatic N) is 3. The summed E-state index contributed by atoms with van der Waals surface area (Å²) in [5, 5.41) is 0. The van der Waals surface area contributed by atoms with Crippen molar-refractivity contribution in [1.29, 1.82) is 0 Å². The van der Waals surface area contributed by atoms with Gasteiger partial charge < -0.3 is 9.80 Å². The molecule has 0 spiro atoms. The largest absolute Gasteiger partial charge is 0.357 e. The highest BCUT2D eigenvalue weighted by atomic mass is 15.2. The molecule has 2 saturated heterocycles. The maximum Gasteiger partial charge on any atom is 0.128 e. The predicted molar refractivity (Wildman–Crippen MR) is 101 cm³/mol. The van der Waals surface area contributed by atoms with Crippen LogP contribution in [0.5, 0.6) is 0 Å². The van der Waals surface area contributed by atoms with E-state index in [9.17, 15) is 0 Å². The lowest BCUT2D eigenvalue weighted by atomic mass is 9.86. The second kappa shape index (κ2) is 7.43. The Labute approximate surface area is 147 Å². The van der Waals surface area contributed by atoms with Crippen LogP contribution in [0.1, 0.15) is 62.8 Å². The molecule has 0 unspecified atom stereocenters. The van der Waals surface area contributed by atoms with Crippen LogP contribution in [0.3, 0.4) is 0 Å². The van der Waals surface area contributed by atoms with Crippen LogP contribution in [0.15, 0.2) is 18.3 Å². The van der Waals surface area contributed by atoms with Crippen molar-refractivity contribution in [2.24, 2.45) is 11.8 Å². The highest BCUT2D eigenvalue weighted by molar-refractivity contribution is 5.40. The van der Waals surface area contributed by atoms with Crippen molar-refractivity contribution in [1.82, 2.24) is 9.88 Å². The molecule has 3 heterocycles. The van der Waals surface area contributed by atoms with Gasteiger partial charge in [0.1, 0.15) is 5.82 Å². The molecule has 1 atom stereocenters. The summed E-state index contributed by atoms with van der Waals surface area (Å²) in [6.45, 7) is 5.04. The second-order valence-corrected chi connectivity index (χ2v) is 8.50. The standard InChI is InChI=1S/C21H33N3/c1-23-12-2-3-18(16-23)5-4-17-10-13-24(14-11-17)21-9-8-20(15-22-21)19-6-7-19/h8-9,15,17-19H,2-7,10-14,16H2,1H3/t18-/m1/s1. The van der Waals surface area contributed by atoms with Crippen LogP contribution in [0.2, 0.25) is 0 Å². The Kier molecular flexibility index (Phi) is 5.07. The molecule has 1 aliphatic carbocycles. The normalized spacial score (nSPS) is 26.7. The number of piperidine rings is 2. The van der Waals surface area contributed by atoms with Crippen molar-refractivity contribution in [3.05, 3.63) is 23.9 Å². The minimum absolute atomic E-state index is 0.816. The third-order valence-corrected chi connectivity index (χ3v) is 6.46. The van der Waals surface area contributed by atoms with Crippen molar-refractivity contribution >= 4 is 5.82 Å². The van der Waals surface area contributed by atoms with Gasteiger partial charge in [-0.25, -0.2) is 4.98 Å². The van der Waals surface area contributed by atoms with Gasteiger partial charge in [-0.15, -0.1) is 0 Å². The van der Waals surface area contributed by atoms with E-state index in [0.717, 1.165) is 17.8 Å². The lowest BCUT2D eigenvalue weighted by Crippen LogP contribution is -2.35. The Balaban J connectivity index is 1.21. The summed E-state index contributed by atoms with van der Waals surface area (Å²) < 4.78 is 0. The highest BCUT2D eigenvalue weighted by Crippen LogP contribution is 2.40. The predicted octanol–water partition coefficient (Wildman–Crippen LogP) is 4.30. The molecule has 1 aromatic rings. The van der Waals surface area contributed by atoms with Crippen molar-refractivity contribution in [3.63, 3.8) is 0 Å². The second-order valence-electron chi connectivity index (χ2n) is 8.50. The van der Waals surface area contributed by atoms with Crippen LogP contribution in [-0.2, 0) is 0 Å². The Morgan fingerprint density at radius 3 is 2.42 bits per heavy atom. The number of hydrogen-bond acceptors (Lipinski definition) is 3. The van der Waals surface area contributed by atoms with Gasteiger partial charge in [0.2, 0.25) is 0 Å². The summed E-state index contributed by atoms with van der Waals surface area (Å²) >= 11 is 0. The van der Waals surface area contributed by atoms with E-state index in [1.807, 2.05) is 0 Å². The highest BCUT2D eigenvalue weighted by Gasteiger charge is 2.25. The lowest BCUT2D eigenvalue weighted by molar-refractivity contribution is 0.190. The van der Waals surface area contributed by atoms with Crippen LogP contribution in [0, 0.1) is 11.8 Å². The first-order valence-electron chi connectivity index (χ1n) is 10.2. The zero-order chi connectivity index (χ0) is 16.4. The third kappa shape index (κ3) is 4.11. The fraction of sp³-hybridized carbons (Fsp3) is 0.762. The van der Waals surface area contributed by atoms with Gasteiger partial charge in [0.25, 0.3) is 0 Å². The van der Waals surface area contributed by atoms with E-state index in [1.54, 1.807) is 0 Å². The minimum atomic E-state index is 0.816. The van der Waals surface area contributed by atoms with Crippen LogP contribution in [0.25, 0.3) is 0 Å². The van der Waals surface area contributed by atoms with Gasteiger partial charge in [-0.3, -0.25) is 0 Å². The Morgan fingerprint density at radius 2 is 1.75 bits per heavy atom. The molecule has 0 aromatic carbocycles. The molecule has 24 heavy (non-hydrogen) atoms.